The van der Waals surface area contributed by atoms with E-state index in [-0.39, 0.29) is 5.56 Å². The molecule has 0 atom stereocenters. The summed E-state index contributed by atoms with van der Waals surface area (Å²) >= 11 is 0. The van der Waals surface area contributed by atoms with Gasteiger partial charge >= 0.3 is 6.11 Å². The van der Waals surface area contributed by atoms with Crippen LogP contribution in [-0.2, 0) is 12.5 Å². The van der Waals surface area contributed by atoms with E-state index in [2.05, 4.69) is 11.7 Å². The van der Waals surface area contributed by atoms with Crippen LogP contribution in [0, 0.1) is 52.6 Å². The summed E-state index contributed by atoms with van der Waals surface area (Å²) in [6, 6.07) is 9.78. The first-order chi connectivity index (χ1) is 20.4. The molecule has 10 heteroatoms. The van der Waals surface area contributed by atoms with Gasteiger partial charge in [-0.25, -0.2) is 30.7 Å². The molecule has 0 radical (unpaired) electrons. The number of aryl methyl sites for hydroxylation is 1. The van der Waals surface area contributed by atoms with Crippen LogP contribution in [0.1, 0.15) is 54.9 Å². The maximum atomic E-state index is 14.9. The zero-order valence-corrected chi connectivity index (χ0v) is 22.6. The second-order valence-electron chi connectivity index (χ2n) is 9.71. The van der Waals surface area contributed by atoms with E-state index in [0.29, 0.717) is 42.0 Å². The van der Waals surface area contributed by atoms with E-state index in [1.165, 1.54) is 0 Å². The fourth-order valence-electron chi connectivity index (χ4n) is 4.33. The second kappa shape index (κ2) is 13.3. The lowest BCUT2D eigenvalue weighted by atomic mass is 9.99. The molecule has 0 unspecified atom stereocenters. The van der Waals surface area contributed by atoms with Crippen LogP contribution in [0.4, 0.5) is 39.5 Å². The Morgan fingerprint density at radius 3 is 1.77 bits per heavy atom. The second-order valence-corrected chi connectivity index (χ2v) is 9.71. The largest absolute Gasteiger partial charge is 0.432 e. The minimum absolute atomic E-state index is 0.00647. The number of hydrogen-bond donors (Lipinski definition) is 0. The van der Waals surface area contributed by atoms with Gasteiger partial charge in [-0.15, -0.1) is 0 Å². The Morgan fingerprint density at radius 1 is 0.628 bits per heavy atom. The van der Waals surface area contributed by atoms with Crippen molar-refractivity contribution >= 4 is 0 Å². The van der Waals surface area contributed by atoms with Crippen molar-refractivity contribution in [1.82, 2.24) is 0 Å². The summed E-state index contributed by atoms with van der Waals surface area (Å²) in [6.45, 7) is 2.10. The number of ether oxygens (including phenoxy) is 1. The third kappa shape index (κ3) is 7.53. The minimum atomic E-state index is -4.69. The lowest BCUT2D eigenvalue weighted by molar-refractivity contribution is -0.189. The molecule has 0 aliphatic rings. The summed E-state index contributed by atoms with van der Waals surface area (Å²) < 4.78 is 133. The predicted molar refractivity (Wildman–Crippen MR) is 143 cm³/mol. The Morgan fingerprint density at radius 2 is 1.21 bits per heavy atom. The van der Waals surface area contributed by atoms with Crippen molar-refractivity contribution in [1.29, 1.82) is 0 Å². The van der Waals surface area contributed by atoms with Crippen LogP contribution in [0.3, 0.4) is 0 Å². The predicted octanol–water partition coefficient (Wildman–Crippen LogP) is 9.98. The molecule has 0 fully saturated rings. The van der Waals surface area contributed by atoms with Crippen molar-refractivity contribution in [2.24, 2.45) is 0 Å². The number of hydrogen-bond acceptors (Lipinski definition) is 1. The average Bonchev–Trinajstić information content (AvgIpc) is 2.93. The van der Waals surface area contributed by atoms with Crippen molar-refractivity contribution < 1.29 is 44.3 Å². The molecule has 224 valence electrons. The van der Waals surface area contributed by atoms with Crippen LogP contribution in [0.5, 0.6) is 5.75 Å². The van der Waals surface area contributed by atoms with Crippen molar-refractivity contribution in [3.05, 3.63) is 124 Å². The number of unbranched alkanes of at least 4 members (excludes halogenated alkanes) is 3. The molecule has 0 aliphatic heterocycles. The van der Waals surface area contributed by atoms with E-state index >= 15 is 0 Å². The van der Waals surface area contributed by atoms with Crippen molar-refractivity contribution in [3.8, 4) is 28.7 Å². The van der Waals surface area contributed by atoms with Gasteiger partial charge in [0.25, 0.3) is 0 Å². The van der Waals surface area contributed by atoms with Crippen molar-refractivity contribution in [3.63, 3.8) is 0 Å². The van der Waals surface area contributed by atoms with Crippen molar-refractivity contribution in [2.45, 2.75) is 45.1 Å². The van der Waals surface area contributed by atoms with E-state index in [4.69, 9.17) is 0 Å². The molecule has 0 heterocycles. The Hall–Kier alpha value is -4.39. The molecular weight excluding hydrogens is 583 g/mol. The monoisotopic (exact) mass is 606 g/mol. The lowest BCUT2D eigenvalue weighted by Crippen LogP contribution is -2.25. The zero-order chi connectivity index (χ0) is 31.3. The topological polar surface area (TPSA) is 9.23 Å². The third-order valence-corrected chi connectivity index (χ3v) is 6.52. The molecule has 0 aromatic heterocycles. The Labute approximate surface area is 241 Å². The Balaban J connectivity index is 1.54. The fraction of sp³-hybridized carbons (Fsp3) is 0.212. The van der Waals surface area contributed by atoms with Crippen LogP contribution < -0.4 is 4.74 Å². The van der Waals surface area contributed by atoms with Gasteiger partial charge in [0.05, 0.1) is 5.56 Å². The Bertz CT molecular complexity index is 1620. The van der Waals surface area contributed by atoms with Gasteiger partial charge in [0.1, 0.15) is 34.6 Å². The fourth-order valence-corrected chi connectivity index (χ4v) is 4.33. The first kappa shape index (κ1) is 31.5. The summed E-state index contributed by atoms with van der Waals surface area (Å²) in [7, 11) is 0. The Kier molecular flexibility index (Phi) is 9.74. The molecule has 0 saturated heterocycles. The number of halogens is 9. The SMILES string of the molecule is CCCCCCc1ccc(-c2cc(F)c(C(F)(F)Oc3cc(F)c(C#Cc4cc(F)c(F)c(F)c4)c(F)c3)c(F)c2)cc1. The lowest BCUT2D eigenvalue weighted by Gasteiger charge is -2.20. The molecule has 0 N–H and O–H groups in total. The summed E-state index contributed by atoms with van der Waals surface area (Å²) in [6.07, 6.45) is 0.416. The molecule has 0 spiro atoms. The summed E-state index contributed by atoms with van der Waals surface area (Å²) in [4.78, 5) is 0. The third-order valence-electron chi connectivity index (χ3n) is 6.52. The van der Waals surface area contributed by atoms with Gasteiger partial charge in [0, 0.05) is 17.7 Å². The molecule has 4 aromatic rings. The zero-order valence-electron chi connectivity index (χ0n) is 22.6. The highest BCUT2D eigenvalue weighted by atomic mass is 19.3. The number of benzene rings is 4. The van der Waals surface area contributed by atoms with Gasteiger partial charge in [-0.05, 0) is 53.8 Å². The normalized spacial score (nSPS) is 11.3. The molecule has 0 amide bonds. The van der Waals surface area contributed by atoms with Gasteiger partial charge < -0.3 is 4.74 Å². The van der Waals surface area contributed by atoms with E-state index in [1.54, 1.807) is 24.3 Å². The van der Waals surface area contributed by atoms with Crippen LogP contribution in [-0.4, -0.2) is 0 Å². The number of alkyl halides is 2. The van der Waals surface area contributed by atoms with Crippen LogP contribution in [0.2, 0.25) is 0 Å². The molecule has 0 saturated carbocycles. The highest BCUT2D eigenvalue weighted by molar-refractivity contribution is 5.64. The molecule has 0 aliphatic carbocycles. The molecule has 0 bridgehead atoms. The first-order valence-electron chi connectivity index (χ1n) is 13.2. The highest BCUT2D eigenvalue weighted by Gasteiger charge is 2.41. The van der Waals surface area contributed by atoms with Crippen LogP contribution >= 0.6 is 0 Å². The van der Waals surface area contributed by atoms with E-state index in [0.717, 1.165) is 37.7 Å². The molecule has 43 heavy (non-hydrogen) atoms. The van der Waals surface area contributed by atoms with Gasteiger partial charge in [-0.3, -0.25) is 0 Å². The highest BCUT2D eigenvalue weighted by Crippen LogP contribution is 2.37. The van der Waals surface area contributed by atoms with Gasteiger partial charge in [0.2, 0.25) is 0 Å². The first-order valence-corrected chi connectivity index (χ1v) is 13.2. The molecule has 4 rings (SSSR count). The smallest absolute Gasteiger partial charge is 0.429 e. The maximum absolute atomic E-state index is 14.9. The average molecular weight is 607 g/mol. The standard InChI is InChI=1S/C33H23F9O/c1-2-3-4-5-6-19-7-10-21(11-8-19)22-15-27(36)31(28(37)16-22)33(41,42)43-23-17-25(34)24(26(35)18-23)12-9-20-13-29(38)32(40)30(39)14-20/h7-8,10-11,13-18H,2-6H2,1H3. The molecular formula is C33H23F9O. The number of rotatable bonds is 9. The molecule has 1 nitrogen and oxygen atoms in total. The van der Waals surface area contributed by atoms with Crippen molar-refractivity contribution in [2.75, 3.05) is 0 Å². The van der Waals surface area contributed by atoms with Crippen LogP contribution in [0.25, 0.3) is 11.1 Å². The summed E-state index contributed by atoms with van der Waals surface area (Å²) in [5, 5.41) is 0. The maximum Gasteiger partial charge on any atom is 0.432 e. The van der Waals surface area contributed by atoms with Gasteiger partial charge in [-0.1, -0.05) is 62.3 Å². The van der Waals surface area contributed by atoms with Gasteiger partial charge in [-0.2, -0.15) is 8.78 Å². The van der Waals surface area contributed by atoms with E-state index in [9.17, 15) is 39.5 Å². The summed E-state index contributed by atoms with van der Waals surface area (Å²) in [5.74, 6) is -8.44. The van der Waals surface area contributed by atoms with Gasteiger partial charge in [0.15, 0.2) is 17.5 Å². The van der Waals surface area contributed by atoms with E-state index in [1.807, 2.05) is 11.8 Å². The van der Waals surface area contributed by atoms with Crippen LogP contribution in [0.15, 0.2) is 60.7 Å². The van der Waals surface area contributed by atoms with E-state index < -0.39 is 69.3 Å². The quantitative estimate of drug-likeness (QED) is 0.0798. The molecule has 4 aromatic carbocycles. The summed E-state index contributed by atoms with van der Waals surface area (Å²) in [5.41, 5.74) is -1.82. The minimum Gasteiger partial charge on any atom is -0.429 e.